The van der Waals surface area contributed by atoms with E-state index in [0.717, 1.165) is 31.7 Å². The van der Waals surface area contributed by atoms with Gasteiger partial charge in [0, 0.05) is 11.1 Å². The van der Waals surface area contributed by atoms with Crippen LogP contribution >= 0.6 is 0 Å². The Morgan fingerprint density at radius 3 is 2.81 bits per heavy atom. The molecule has 0 spiro atoms. The summed E-state index contributed by atoms with van der Waals surface area (Å²) in [6.07, 6.45) is 3.55. The molecule has 0 heterocycles. The maximum atomic E-state index is 13.7. The highest BCUT2D eigenvalue weighted by Crippen LogP contribution is 2.42. The van der Waals surface area contributed by atoms with E-state index in [-0.39, 0.29) is 5.82 Å². The van der Waals surface area contributed by atoms with Crippen molar-refractivity contribution >= 4 is 0 Å². The van der Waals surface area contributed by atoms with Crippen molar-refractivity contribution in [2.75, 3.05) is 0 Å². The van der Waals surface area contributed by atoms with Gasteiger partial charge in [-0.2, -0.15) is 0 Å². The van der Waals surface area contributed by atoms with Crippen LogP contribution in [0.5, 0.6) is 0 Å². The largest absolute Gasteiger partial charge is 0.321 e. The molecular weight excluding hydrogens is 208 g/mol. The van der Waals surface area contributed by atoms with Crippen molar-refractivity contribution in [1.82, 2.24) is 0 Å². The van der Waals surface area contributed by atoms with E-state index in [4.69, 9.17) is 5.73 Å². The standard InChI is InChI=1S/C13H17F2N/c1-2-9-5-6-13(16,8-9)11-7-10(14)3-4-12(11)15/h3-4,7,9H,2,5-6,8,16H2,1H3. The lowest BCUT2D eigenvalue weighted by Gasteiger charge is -2.25. The second-order valence-corrected chi connectivity index (χ2v) is 4.80. The zero-order valence-electron chi connectivity index (χ0n) is 9.47. The number of nitrogens with two attached hydrogens (primary N) is 1. The fraction of sp³-hybridized carbons (Fsp3) is 0.538. The maximum absolute atomic E-state index is 13.7. The van der Waals surface area contributed by atoms with Gasteiger partial charge in [0.2, 0.25) is 0 Å². The first kappa shape index (κ1) is 11.5. The number of benzene rings is 1. The predicted octanol–water partition coefficient (Wildman–Crippen LogP) is 3.33. The highest BCUT2D eigenvalue weighted by atomic mass is 19.1. The van der Waals surface area contributed by atoms with Crippen molar-refractivity contribution in [3.63, 3.8) is 0 Å². The third-order valence-corrected chi connectivity index (χ3v) is 3.69. The first-order valence-electron chi connectivity index (χ1n) is 5.79. The molecule has 0 bridgehead atoms. The summed E-state index contributed by atoms with van der Waals surface area (Å²) in [5.74, 6) is -0.269. The van der Waals surface area contributed by atoms with Crippen molar-refractivity contribution in [3.8, 4) is 0 Å². The van der Waals surface area contributed by atoms with Crippen LogP contribution in [0.2, 0.25) is 0 Å². The van der Waals surface area contributed by atoms with Gasteiger partial charge in [-0.3, -0.25) is 0 Å². The van der Waals surface area contributed by atoms with Gasteiger partial charge in [-0.15, -0.1) is 0 Å². The summed E-state index contributed by atoms with van der Waals surface area (Å²) in [7, 11) is 0. The normalized spacial score (nSPS) is 29.6. The Bertz CT molecular complexity index is 392. The fourth-order valence-corrected chi connectivity index (χ4v) is 2.65. The smallest absolute Gasteiger partial charge is 0.128 e. The average Bonchev–Trinajstić information content (AvgIpc) is 2.65. The first-order chi connectivity index (χ1) is 7.55. The predicted molar refractivity (Wildman–Crippen MR) is 59.9 cm³/mol. The molecule has 3 heteroatoms. The van der Waals surface area contributed by atoms with Gasteiger partial charge in [0.1, 0.15) is 11.6 Å². The Morgan fingerprint density at radius 2 is 2.19 bits per heavy atom. The van der Waals surface area contributed by atoms with E-state index in [9.17, 15) is 8.78 Å². The van der Waals surface area contributed by atoms with Crippen LogP contribution in [0.25, 0.3) is 0 Å². The van der Waals surface area contributed by atoms with E-state index in [1.807, 2.05) is 0 Å². The Balaban J connectivity index is 2.33. The van der Waals surface area contributed by atoms with Crippen LogP contribution in [0.4, 0.5) is 8.78 Å². The first-order valence-corrected chi connectivity index (χ1v) is 5.79. The highest BCUT2D eigenvalue weighted by Gasteiger charge is 2.38. The molecule has 0 radical (unpaired) electrons. The van der Waals surface area contributed by atoms with Gasteiger partial charge in [0.05, 0.1) is 0 Å². The lowest BCUT2D eigenvalue weighted by Crippen LogP contribution is -2.34. The van der Waals surface area contributed by atoms with Crippen molar-refractivity contribution in [2.45, 2.75) is 38.1 Å². The van der Waals surface area contributed by atoms with Gasteiger partial charge in [-0.25, -0.2) is 8.78 Å². The van der Waals surface area contributed by atoms with Gasteiger partial charge >= 0.3 is 0 Å². The van der Waals surface area contributed by atoms with Gasteiger partial charge in [0.15, 0.2) is 0 Å². The Kier molecular flexibility index (Phi) is 2.98. The summed E-state index contributed by atoms with van der Waals surface area (Å²) in [5.41, 5.74) is 5.87. The molecular formula is C13H17F2N. The molecule has 2 atom stereocenters. The molecule has 16 heavy (non-hydrogen) atoms. The molecule has 2 N–H and O–H groups in total. The quantitative estimate of drug-likeness (QED) is 0.820. The van der Waals surface area contributed by atoms with E-state index in [2.05, 4.69) is 6.92 Å². The van der Waals surface area contributed by atoms with E-state index in [0.29, 0.717) is 11.5 Å². The SMILES string of the molecule is CCC1CCC(N)(c2cc(F)ccc2F)C1. The molecule has 0 aromatic heterocycles. The summed E-state index contributed by atoms with van der Waals surface area (Å²) in [6.45, 7) is 2.11. The summed E-state index contributed by atoms with van der Waals surface area (Å²) < 4.78 is 26.8. The lowest BCUT2D eigenvalue weighted by molar-refractivity contribution is 0.402. The van der Waals surface area contributed by atoms with E-state index < -0.39 is 11.4 Å². The monoisotopic (exact) mass is 225 g/mol. The number of hydrogen-bond acceptors (Lipinski definition) is 1. The number of halogens is 2. The molecule has 1 saturated carbocycles. The zero-order valence-corrected chi connectivity index (χ0v) is 9.47. The lowest BCUT2D eigenvalue weighted by atomic mass is 9.87. The maximum Gasteiger partial charge on any atom is 0.128 e. The Labute approximate surface area is 94.7 Å². The molecule has 1 nitrogen and oxygen atoms in total. The molecule has 0 aliphatic heterocycles. The van der Waals surface area contributed by atoms with Crippen molar-refractivity contribution in [3.05, 3.63) is 35.4 Å². The summed E-state index contributed by atoms with van der Waals surface area (Å²) in [6, 6.07) is 3.54. The van der Waals surface area contributed by atoms with Crippen molar-refractivity contribution < 1.29 is 8.78 Å². The second kappa shape index (κ2) is 4.13. The van der Waals surface area contributed by atoms with Crippen molar-refractivity contribution in [1.29, 1.82) is 0 Å². The molecule has 0 saturated heterocycles. The molecule has 1 aromatic rings. The van der Waals surface area contributed by atoms with Crippen LogP contribution in [-0.4, -0.2) is 0 Å². The van der Waals surface area contributed by atoms with E-state index >= 15 is 0 Å². The minimum atomic E-state index is -0.674. The van der Waals surface area contributed by atoms with Crippen LogP contribution in [0.15, 0.2) is 18.2 Å². The molecule has 0 amide bonds. The van der Waals surface area contributed by atoms with Crippen LogP contribution < -0.4 is 5.73 Å². The number of hydrogen-bond donors (Lipinski definition) is 1. The molecule has 1 aromatic carbocycles. The third-order valence-electron chi connectivity index (χ3n) is 3.69. The zero-order chi connectivity index (χ0) is 11.8. The van der Waals surface area contributed by atoms with Crippen LogP contribution in [0.1, 0.15) is 38.2 Å². The topological polar surface area (TPSA) is 26.0 Å². The van der Waals surface area contributed by atoms with Crippen LogP contribution in [-0.2, 0) is 5.54 Å². The minimum Gasteiger partial charge on any atom is -0.321 e. The van der Waals surface area contributed by atoms with E-state index in [1.165, 1.54) is 12.1 Å². The second-order valence-electron chi connectivity index (χ2n) is 4.80. The van der Waals surface area contributed by atoms with Crippen molar-refractivity contribution in [2.24, 2.45) is 11.7 Å². The van der Waals surface area contributed by atoms with Gasteiger partial charge in [-0.05, 0) is 43.4 Å². The molecule has 1 fully saturated rings. The highest BCUT2D eigenvalue weighted by molar-refractivity contribution is 5.28. The molecule has 88 valence electrons. The van der Waals surface area contributed by atoms with E-state index in [1.54, 1.807) is 0 Å². The van der Waals surface area contributed by atoms with Gasteiger partial charge in [-0.1, -0.05) is 13.3 Å². The molecule has 1 aliphatic rings. The van der Waals surface area contributed by atoms with Gasteiger partial charge in [0.25, 0.3) is 0 Å². The molecule has 1 aliphatic carbocycles. The summed E-state index contributed by atoms with van der Waals surface area (Å²) in [5, 5.41) is 0. The fourth-order valence-electron chi connectivity index (χ4n) is 2.65. The summed E-state index contributed by atoms with van der Waals surface area (Å²) >= 11 is 0. The van der Waals surface area contributed by atoms with Crippen LogP contribution in [0.3, 0.4) is 0 Å². The average molecular weight is 225 g/mol. The van der Waals surface area contributed by atoms with Gasteiger partial charge < -0.3 is 5.73 Å². The Morgan fingerprint density at radius 1 is 1.44 bits per heavy atom. The number of rotatable bonds is 2. The summed E-state index contributed by atoms with van der Waals surface area (Å²) in [4.78, 5) is 0. The third kappa shape index (κ3) is 1.96. The van der Waals surface area contributed by atoms with Crippen LogP contribution in [0, 0.1) is 17.6 Å². The molecule has 2 rings (SSSR count). The Hall–Kier alpha value is -0.960. The minimum absolute atomic E-state index is 0.337. The molecule has 2 unspecified atom stereocenters.